The highest BCUT2D eigenvalue weighted by molar-refractivity contribution is 6.71. The first kappa shape index (κ1) is 16.1. The van der Waals surface area contributed by atoms with Crippen molar-refractivity contribution in [3.63, 3.8) is 0 Å². The fourth-order valence-corrected chi connectivity index (χ4v) is 3.40. The summed E-state index contributed by atoms with van der Waals surface area (Å²) in [5.74, 6) is 0. The molecule has 0 heterocycles. The Morgan fingerprint density at radius 2 is 1.69 bits per heavy atom. The van der Waals surface area contributed by atoms with Crippen LogP contribution in [0.25, 0.3) is 0 Å². The standard InChI is InChI=1S/C12H29NO2Si/c1-4-9-15-16(2,3)12-7-11-14-10-6-5-8-13/h4-13H2,1-3H3. The van der Waals surface area contributed by atoms with Gasteiger partial charge in [-0.15, -0.1) is 0 Å². The van der Waals surface area contributed by atoms with Gasteiger partial charge in [-0.1, -0.05) is 6.92 Å². The second kappa shape index (κ2) is 10.3. The molecular formula is C12H29NO2Si. The summed E-state index contributed by atoms with van der Waals surface area (Å²) in [7, 11) is -1.40. The van der Waals surface area contributed by atoms with Gasteiger partial charge in [-0.25, -0.2) is 0 Å². The zero-order chi connectivity index (χ0) is 12.3. The maximum Gasteiger partial charge on any atom is 0.186 e. The summed E-state index contributed by atoms with van der Waals surface area (Å²) in [5.41, 5.74) is 5.41. The normalized spacial score (nSPS) is 12.0. The molecule has 0 unspecified atom stereocenters. The molecule has 0 saturated carbocycles. The molecule has 0 fully saturated rings. The van der Waals surface area contributed by atoms with Crippen molar-refractivity contribution in [3.05, 3.63) is 0 Å². The molecule has 0 rings (SSSR count). The minimum Gasteiger partial charge on any atom is -0.417 e. The predicted molar refractivity (Wildman–Crippen MR) is 72.3 cm³/mol. The highest BCUT2D eigenvalue weighted by atomic mass is 28.4. The number of ether oxygens (including phenoxy) is 1. The largest absolute Gasteiger partial charge is 0.417 e. The second-order valence-electron chi connectivity index (χ2n) is 4.82. The van der Waals surface area contributed by atoms with Crippen LogP contribution in [-0.2, 0) is 9.16 Å². The van der Waals surface area contributed by atoms with Crippen LogP contribution in [-0.4, -0.2) is 34.7 Å². The van der Waals surface area contributed by atoms with Gasteiger partial charge in [0.2, 0.25) is 0 Å². The summed E-state index contributed by atoms with van der Waals surface area (Å²) in [6.45, 7) is 10.1. The lowest BCUT2D eigenvalue weighted by atomic mass is 10.3. The summed E-state index contributed by atoms with van der Waals surface area (Å²) >= 11 is 0. The minimum absolute atomic E-state index is 0.772. The zero-order valence-corrected chi connectivity index (χ0v) is 12.3. The maximum absolute atomic E-state index is 5.89. The van der Waals surface area contributed by atoms with Crippen LogP contribution in [0.4, 0.5) is 0 Å². The Kier molecular flexibility index (Phi) is 10.3. The van der Waals surface area contributed by atoms with E-state index in [4.69, 9.17) is 14.9 Å². The Morgan fingerprint density at radius 1 is 1.00 bits per heavy atom. The van der Waals surface area contributed by atoms with Gasteiger partial charge in [0.15, 0.2) is 8.32 Å². The van der Waals surface area contributed by atoms with Gasteiger partial charge in [0.1, 0.15) is 0 Å². The third kappa shape index (κ3) is 10.6. The van der Waals surface area contributed by atoms with E-state index in [2.05, 4.69) is 20.0 Å². The number of hydrogen-bond donors (Lipinski definition) is 1. The number of nitrogens with two attached hydrogens (primary N) is 1. The summed E-state index contributed by atoms with van der Waals surface area (Å²) in [6, 6.07) is 1.20. The molecule has 0 bridgehead atoms. The van der Waals surface area contributed by atoms with Crippen LogP contribution in [0, 0.1) is 0 Å². The molecule has 98 valence electrons. The molecule has 0 radical (unpaired) electrons. The van der Waals surface area contributed by atoms with E-state index in [0.29, 0.717) is 0 Å². The minimum atomic E-state index is -1.40. The Balaban J connectivity index is 3.29. The molecule has 0 spiro atoms. The van der Waals surface area contributed by atoms with Crippen molar-refractivity contribution in [2.24, 2.45) is 5.73 Å². The number of unbranched alkanes of at least 4 members (excludes halogenated alkanes) is 1. The molecule has 0 aliphatic heterocycles. The van der Waals surface area contributed by atoms with E-state index < -0.39 is 8.32 Å². The number of rotatable bonds is 11. The van der Waals surface area contributed by atoms with Gasteiger partial charge in [-0.2, -0.15) is 0 Å². The van der Waals surface area contributed by atoms with E-state index in [1.54, 1.807) is 0 Å². The van der Waals surface area contributed by atoms with Gasteiger partial charge < -0.3 is 14.9 Å². The quantitative estimate of drug-likeness (QED) is 0.451. The molecule has 4 heteroatoms. The average molecular weight is 247 g/mol. The van der Waals surface area contributed by atoms with E-state index in [0.717, 1.165) is 52.0 Å². The van der Waals surface area contributed by atoms with Crippen LogP contribution >= 0.6 is 0 Å². The summed E-state index contributed by atoms with van der Waals surface area (Å²) in [4.78, 5) is 0. The van der Waals surface area contributed by atoms with E-state index in [-0.39, 0.29) is 0 Å². The lowest BCUT2D eigenvalue weighted by molar-refractivity contribution is 0.130. The monoisotopic (exact) mass is 247 g/mol. The van der Waals surface area contributed by atoms with E-state index in [1.165, 1.54) is 6.04 Å². The zero-order valence-electron chi connectivity index (χ0n) is 11.3. The lowest BCUT2D eigenvalue weighted by Gasteiger charge is -2.22. The van der Waals surface area contributed by atoms with Crippen molar-refractivity contribution in [3.8, 4) is 0 Å². The van der Waals surface area contributed by atoms with Crippen molar-refractivity contribution in [1.82, 2.24) is 0 Å². The van der Waals surface area contributed by atoms with Gasteiger partial charge in [0.25, 0.3) is 0 Å². The first-order valence-corrected chi connectivity index (χ1v) is 9.65. The molecule has 0 amide bonds. The molecule has 0 aliphatic carbocycles. The Bertz CT molecular complexity index is 154. The molecule has 0 aromatic rings. The molecule has 0 aliphatic rings. The van der Waals surface area contributed by atoms with Gasteiger partial charge in [-0.3, -0.25) is 0 Å². The summed E-state index contributed by atoms with van der Waals surface area (Å²) in [6.07, 6.45) is 4.40. The van der Waals surface area contributed by atoms with Gasteiger partial charge in [-0.05, 0) is 51.4 Å². The van der Waals surface area contributed by atoms with Crippen LogP contribution in [0.5, 0.6) is 0 Å². The van der Waals surface area contributed by atoms with Crippen molar-refractivity contribution in [2.75, 3.05) is 26.4 Å². The molecule has 0 atom stereocenters. The Morgan fingerprint density at radius 3 is 2.31 bits per heavy atom. The summed E-state index contributed by atoms with van der Waals surface area (Å²) < 4.78 is 11.4. The van der Waals surface area contributed by atoms with Crippen LogP contribution < -0.4 is 5.73 Å². The van der Waals surface area contributed by atoms with Crippen molar-refractivity contribution >= 4 is 8.32 Å². The summed E-state index contributed by atoms with van der Waals surface area (Å²) in [5, 5.41) is 0. The average Bonchev–Trinajstić information content (AvgIpc) is 2.25. The first-order valence-electron chi connectivity index (χ1n) is 6.54. The highest BCUT2D eigenvalue weighted by Gasteiger charge is 2.20. The van der Waals surface area contributed by atoms with Crippen molar-refractivity contribution < 1.29 is 9.16 Å². The SMILES string of the molecule is CCCO[Si](C)(C)CCCOCCCCN. The van der Waals surface area contributed by atoms with Crippen molar-refractivity contribution in [1.29, 1.82) is 0 Å². The van der Waals surface area contributed by atoms with E-state index >= 15 is 0 Å². The molecule has 3 nitrogen and oxygen atoms in total. The van der Waals surface area contributed by atoms with Crippen LogP contribution in [0.15, 0.2) is 0 Å². The highest BCUT2D eigenvalue weighted by Crippen LogP contribution is 2.14. The molecule has 0 aromatic carbocycles. The van der Waals surface area contributed by atoms with Gasteiger partial charge >= 0.3 is 0 Å². The van der Waals surface area contributed by atoms with Crippen LogP contribution in [0.1, 0.15) is 32.6 Å². The number of hydrogen-bond acceptors (Lipinski definition) is 3. The third-order valence-corrected chi connectivity index (χ3v) is 5.05. The van der Waals surface area contributed by atoms with Gasteiger partial charge in [0.05, 0.1) is 0 Å². The third-order valence-electron chi connectivity index (χ3n) is 2.51. The predicted octanol–water partition coefficient (Wildman–Crippen LogP) is 2.76. The topological polar surface area (TPSA) is 44.5 Å². The first-order chi connectivity index (χ1) is 7.62. The van der Waals surface area contributed by atoms with Crippen molar-refractivity contribution in [2.45, 2.75) is 51.7 Å². The molecule has 0 aromatic heterocycles. The lowest BCUT2D eigenvalue weighted by Crippen LogP contribution is -2.30. The second-order valence-corrected chi connectivity index (χ2v) is 9.13. The fourth-order valence-electron chi connectivity index (χ4n) is 1.50. The Labute approximate surface area is 102 Å². The molecular weight excluding hydrogens is 218 g/mol. The molecule has 0 saturated heterocycles. The molecule has 2 N–H and O–H groups in total. The van der Waals surface area contributed by atoms with Gasteiger partial charge in [0, 0.05) is 19.8 Å². The van der Waals surface area contributed by atoms with Crippen LogP contribution in [0.2, 0.25) is 19.1 Å². The Hall–Kier alpha value is 0.0969. The maximum atomic E-state index is 5.89. The van der Waals surface area contributed by atoms with E-state index in [9.17, 15) is 0 Å². The van der Waals surface area contributed by atoms with Crippen LogP contribution in [0.3, 0.4) is 0 Å². The fraction of sp³-hybridized carbons (Fsp3) is 1.00. The van der Waals surface area contributed by atoms with E-state index in [1.807, 2.05) is 0 Å². The smallest absolute Gasteiger partial charge is 0.186 e. The molecule has 16 heavy (non-hydrogen) atoms.